The van der Waals surface area contributed by atoms with E-state index in [9.17, 15) is 14.7 Å². The highest BCUT2D eigenvalue weighted by Gasteiger charge is 2.23. The molecule has 0 amide bonds. The molecule has 0 radical (unpaired) electrons. The normalized spacial score (nSPS) is 14.6. The second-order valence-electron chi connectivity index (χ2n) is 5.19. The maximum absolute atomic E-state index is 12.3. The van der Waals surface area contributed by atoms with Gasteiger partial charge in [-0.15, -0.1) is 0 Å². The molecule has 5 nitrogen and oxygen atoms in total. The Morgan fingerprint density at radius 3 is 2.52 bits per heavy atom. The van der Waals surface area contributed by atoms with Crippen LogP contribution in [-0.2, 0) is 16.0 Å². The van der Waals surface area contributed by atoms with Crippen molar-refractivity contribution >= 4 is 23.2 Å². The van der Waals surface area contributed by atoms with Crippen LogP contribution in [0.25, 0.3) is 0 Å². The van der Waals surface area contributed by atoms with Gasteiger partial charge in [-0.1, -0.05) is 17.7 Å². The summed E-state index contributed by atoms with van der Waals surface area (Å²) in [5.41, 5.74) is 1.42. The third-order valence-electron chi connectivity index (χ3n) is 3.64. The van der Waals surface area contributed by atoms with Gasteiger partial charge in [0.25, 0.3) is 0 Å². The Hall–Kier alpha value is -2.11. The van der Waals surface area contributed by atoms with Gasteiger partial charge < -0.3 is 15.1 Å². The van der Waals surface area contributed by atoms with E-state index < -0.39 is 0 Å². The van der Waals surface area contributed by atoms with Crippen molar-refractivity contribution in [1.29, 1.82) is 0 Å². The average molecular weight is 336 g/mol. The van der Waals surface area contributed by atoms with Crippen LogP contribution in [0.3, 0.4) is 0 Å². The molecule has 0 saturated carbocycles. The number of hydrogen-bond acceptors (Lipinski definition) is 5. The zero-order chi connectivity index (χ0) is 17.0. The maximum atomic E-state index is 12.3. The van der Waals surface area contributed by atoms with Gasteiger partial charge in [-0.05, 0) is 30.7 Å². The van der Waals surface area contributed by atoms with Gasteiger partial charge in [0, 0.05) is 31.2 Å². The molecule has 0 atom stereocenters. The number of carbonyl (C=O) groups excluding carboxylic acids is 2. The number of allylic oxidation sites excluding steroid dienone is 3. The molecule has 1 aliphatic carbocycles. The second-order valence-corrected chi connectivity index (χ2v) is 5.60. The van der Waals surface area contributed by atoms with Gasteiger partial charge in [0.2, 0.25) is 5.78 Å². The minimum atomic E-state index is -0.250. The molecule has 0 heterocycles. The van der Waals surface area contributed by atoms with Crippen LogP contribution in [-0.4, -0.2) is 46.4 Å². The summed E-state index contributed by atoms with van der Waals surface area (Å²) < 4.78 is 0. The van der Waals surface area contributed by atoms with Crippen LogP contribution in [0.4, 0.5) is 0 Å². The monoisotopic (exact) mass is 335 g/mol. The van der Waals surface area contributed by atoms with Crippen molar-refractivity contribution < 1.29 is 19.8 Å². The molecule has 1 aromatic rings. The van der Waals surface area contributed by atoms with Crippen LogP contribution in [0, 0.1) is 0 Å². The number of nitrogens with zero attached hydrogens (tertiary/aromatic N) is 1. The summed E-state index contributed by atoms with van der Waals surface area (Å²) in [7, 11) is 0. The zero-order valence-corrected chi connectivity index (χ0v) is 13.5. The second kappa shape index (κ2) is 7.44. The number of halogens is 1. The largest absolute Gasteiger partial charge is 0.506 e. The lowest BCUT2D eigenvalue weighted by atomic mass is 9.94. The number of phenolic OH excluding ortho intramolecular Hbond substituents is 1. The predicted molar refractivity (Wildman–Crippen MR) is 87.3 cm³/mol. The lowest BCUT2D eigenvalue weighted by Crippen LogP contribution is -2.32. The summed E-state index contributed by atoms with van der Waals surface area (Å²) in [5, 5.41) is 18.6. The number of benzene rings is 1. The molecule has 0 fully saturated rings. The molecule has 0 unspecified atom stereocenters. The Labute approximate surface area is 139 Å². The number of rotatable bonds is 6. The van der Waals surface area contributed by atoms with Crippen molar-refractivity contribution in [2.24, 2.45) is 0 Å². The fourth-order valence-corrected chi connectivity index (χ4v) is 2.63. The zero-order valence-electron chi connectivity index (χ0n) is 12.8. The first-order chi connectivity index (χ1) is 11.0. The van der Waals surface area contributed by atoms with Crippen LogP contribution in [0.2, 0.25) is 5.02 Å². The fraction of sp³-hybridized carbons (Fsp3) is 0.294. The average Bonchev–Trinajstić information content (AvgIpc) is 2.52. The van der Waals surface area contributed by atoms with Crippen molar-refractivity contribution in [2.75, 3.05) is 19.7 Å². The summed E-state index contributed by atoms with van der Waals surface area (Å²) in [6.07, 6.45) is 2.91. The van der Waals surface area contributed by atoms with E-state index in [1.807, 2.05) is 6.92 Å². The molecule has 1 aliphatic rings. The number of hydrogen-bond donors (Lipinski definition) is 2. The highest BCUT2D eigenvalue weighted by molar-refractivity contribution is 6.32. The number of ketones is 2. The number of aromatic hydroxyl groups is 1. The van der Waals surface area contributed by atoms with Gasteiger partial charge in [0.1, 0.15) is 5.75 Å². The molecule has 0 bridgehead atoms. The number of phenols is 1. The molecule has 0 aromatic heterocycles. The third-order valence-corrected chi connectivity index (χ3v) is 3.94. The first-order valence-corrected chi connectivity index (χ1v) is 7.68. The van der Waals surface area contributed by atoms with Gasteiger partial charge in [-0.25, -0.2) is 0 Å². The standard InChI is InChI=1S/C17H18ClNO4/c1-2-19(5-6-20)14-10-16(22)12(9-17(14)23)7-11-3-4-15(21)13(18)8-11/h3-4,8-10,20-21H,2,5-7H2,1H3. The van der Waals surface area contributed by atoms with E-state index in [1.54, 1.807) is 17.0 Å². The molecule has 0 aliphatic heterocycles. The minimum absolute atomic E-state index is 0.0276. The fourth-order valence-electron chi connectivity index (χ4n) is 2.43. The van der Waals surface area contributed by atoms with Crippen LogP contribution in [0.1, 0.15) is 12.5 Å². The molecule has 2 rings (SSSR count). The highest BCUT2D eigenvalue weighted by atomic mass is 35.5. The van der Waals surface area contributed by atoms with Crippen molar-refractivity contribution in [2.45, 2.75) is 13.3 Å². The van der Waals surface area contributed by atoms with E-state index in [4.69, 9.17) is 16.7 Å². The van der Waals surface area contributed by atoms with E-state index in [0.717, 1.165) is 5.56 Å². The van der Waals surface area contributed by atoms with Gasteiger partial charge in [-0.2, -0.15) is 0 Å². The van der Waals surface area contributed by atoms with Crippen molar-refractivity contribution in [1.82, 2.24) is 4.90 Å². The molecule has 2 N–H and O–H groups in total. The highest BCUT2D eigenvalue weighted by Crippen LogP contribution is 2.26. The third kappa shape index (κ3) is 4.00. The summed E-state index contributed by atoms with van der Waals surface area (Å²) in [6.45, 7) is 2.60. The van der Waals surface area contributed by atoms with Crippen molar-refractivity contribution in [3.63, 3.8) is 0 Å². The summed E-state index contributed by atoms with van der Waals surface area (Å²) in [4.78, 5) is 26.2. The SMILES string of the molecule is CCN(CCO)C1=CC(=O)C(Cc2ccc(O)c(Cl)c2)=CC1=O. The Bertz CT molecular complexity index is 694. The van der Waals surface area contributed by atoms with Crippen molar-refractivity contribution in [3.8, 4) is 5.75 Å². The molecular weight excluding hydrogens is 318 g/mol. The number of aliphatic hydroxyl groups excluding tert-OH is 1. The van der Waals surface area contributed by atoms with E-state index >= 15 is 0 Å². The lowest BCUT2D eigenvalue weighted by molar-refractivity contribution is -0.116. The molecule has 0 spiro atoms. The minimum Gasteiger partial charge on any atom is -0.506 e. The Morgan fingerprint density at radius 1 is 1.17 bits per heavy atom. The van der Waals surface area contributed by atoms with Gasteiger partial charge in [0.15, 0.2) is 5.78 Å². The van der Waals surface area contributed by atoms with E-state index in [0.29, 0.717) is 24.4 Å². The van der Waals surface area contributed by atoms with Crippen LogP contribution < -0.4 is 0 Å². The number of likely N-dealkylation sites (N-methyl/N-ethyl adjacent to an activating group) is 1. The van der Waals surface area contributed by atoms with Gasteiger partial charge >= 0.3 is 0 Å². The number of aliphatic hydroxyl groups is 1. The number of carbonyl (C=O) groups is 2. The van der Waals surface area contributed by atoms with Gasteiger partial charge in [0.05, 0.1) is 17.3 Å². The lowest BCUT2D eigenvalue weighted by Gasteiger charge is -2.25. The predicted octanol–water partition coefficient (Wildman–Crippen LogP) is 1.86. The topological polar surface area (TPSA) is 77.8 Å². The van der Waals surface area contributed by atoms with Crippen LogP contribution in [0.15, 0.2) is 41.6 Å². The maximum Gasteiger partial charge on any atom is 0.202 e. The molecule has 122 valence electrons. The molecule has 23 heavy (non-hydrogen) atoms. The van der Waals surface area contributed by atoms with E-state index in [1.165, 1.54) is 18.2 Å². The summed E-state index contributed by atoms with van der Waals surface area (Å²) in [5.74, 6) is -0.514. The molecular formula is C17H18ClNO4. The van der Waals surface area contributed by atoms with Crippen LogP contribution in [0.5, 0.6) is 5.75 Å². The summed E-state index contributed by atoms with van der Waals surface area (Å²) in [6, 6.07) is 4.68. The Morgan fingerprint density at radius 2 is 1.91 bits per heavy atom. The van der Waals surface area contributed by atoms with Gasteiger partial charge in [-0.3, -0.25) is 9.59 Å². The van der Waals surface area contributed by atoms with Crippen molar-refractivity contribution in [3.05, 3.63) is 52.2 Å². The first kappa shape index (κ1) is 17.2. The first-order valence-electron chi connectivity index (χ1n) is 7.30. The quantitative estimate of drug-likeness (QED) is 0.776. The smallest absolute Gasteiger partial charge is 0.202 e. The van der Waals surface area contributed by atoms with Crippen LogP contribution >= 0.6 is 11.6 Å². The molecule has 0 saturated heterocycles. The molecule has 1 aromatic carbocycles. The Balaban J connectivity index is 2.19. The summed E-state index contributed by atoms with van der Waals surface area (Å²) >= 11 is 5.85. The molecule has 6 heteroatoms. The van der Waals surface area contributed by atoms with E-state index in [-0.39, 0.29) is 35.4 Å². The van der Waals surface area contributed by atoms with E-state index in [2.05, 4.69) is 0 Å². The Kier molecular flexibility index (Phi) is 5.58.